The van der Waals surface area contributed by atoms with Crippen molar-refractivity contribution in [3.05, 3.63) is 0 Å². The molecule has 4 heteroatoms. The lowest BCUT2D eigenvalue weighted by Gasteiger charge is -2.59. The van der Waals surface area contributed by atoms with E-state index in [4.69, 9.17) is 9.47 Å². The standard InChI is InChI=1S/C21H34O4/c1-13-11-17-14(3-6-19(17,2)22)15-4-7-20(23)12-21(24-9-10-25-21)8-5-16(20)18(13)15/h13-18,22-23H,3-12H2,1-2H3/t13-,14-,15-,16+,17-,18-,19+,20+/m0/s1. The number of ether oxygens (including phenoxy) is 2. The smallest absolute Gasteiger partial charge is 0.171 e. The second-order valence-corrected chi connectivity index (χ2v) is 10.2. The summed E-state index contributed by atoms with van der Waals surface area (Å²) in [5, 5.41) is 22.4. The van der Waals surface area contributed by atoms with Crippen molar-refractivity contribution in [3.63, 3.8) is 0 Å². The first-order valence-electron chi connectivity index (χ1n) is 10.6. The largest absolute Gasteiger partial charge is 0.390 e. The van der Waals surface area contributed by atoms with Gasteiger partial charge in [-0.15, -0.1) is 0 Å². The minimum atomic E-state index is -0.619. The summed E-state index contributed by atoms with van der Waals surface area (Å²) < 4.78 is 11.9. The van der Waals surface area contributed by atoms with Crippen LogP contribution in [0.4, 0.5) is 0 Å². The minimum absolute atomic E-state index is 0.381. The van der Waals surface area contributed by atoms with Crippen molar-refractivity contribution in [3.8, 4) is 0 Å². The van der Waals surface area contributed by atoms with Gasteiger partial charge in [0, 0.05) is 12.8 Å². The van der Waals surface area contributed by atoms with Crippen molar-refractivity contribution in [2.75, 3.05) is 13.2 Å². The molecule has 1 spiro atoms. The number of rotatable bonds is 0. The summed E-state index contributed by atoms with van der Waals surface area (Å²) in [7, 11) is 0. The molecule has 5 fully saturated rings. The average molecular weight is 350 g/mol. The molecule has 1 saturated heterocycles. The fourth-order valence-corrected chi connectivity index (χ4v) is 7.93. The van der Waals surface area contributed by atoms with Crippen LogP contribution in [0.25, 0.3) is 0 Å². The molecule has 0 aromatic heterocycles. The van der Waals surface area contributed by atoms with Gasteiger partial charge < -0.3 is 19.7 Å². The van der Waals surface area contributed by atoms with E-state index in [0.29, 0.717) is 55.1 Å². The van der Waals surface area contributed by atoms with Gasteiger partial charge in [0.2, 0.25) is 0 Å². The molecule has 0 unspecified atom stereocenters. The van der Waals surface area contributed by atoms with Crippen LogP contribution in [-0.4, -0.2) is 40.4 Å². The Morgan fingerprint density at radius 3 is 2.36 bits per heavy atom. The summed E-state index contributed by atoms with van der Waals surface area (Å²) in [4.78, 5) is 0. The van der Waals surface area contributed by atoms with Crippen molar-refractivity contribution in [2.45, 2.75) is 82.2 Å². The molecule has 142 valence electrons. The van der Waals surface area contributed by atoms with Gasteiger partial charge in [-0.05, 0) is 81.0 Å². The number of hydrogen-bond donors (Lipinski definition) is 2. The zero-order valence-electron chi connectivity index (χ0n) is 15.7. The van der Waals surface area contributed by atoms with Gasteiger partial charge in [0.15, 0.2) is 5.79 Å². The third-order valence-electron chi connectivity index (χ3n) is 8.92. The fourth-order valence-electron chi connectivity index (χ4n) is 7.93. The lowest BCUT2D eigenvalue weighted by Crippen LogP contribution is -2.60. The molecule has 0 bridgehead atoms. The maximum atomic E-state index is 11.6. The van der Waals surface area contributed by atoms with Gasteiger partial charge in [-0.25, -0.2) is 0 Å². The molecular formula is C21H34O4. The van der Waals surface area contributed by atoms with Gasteiger partial charge in [0.1, 0.15) is 0 Å². The van der Waals surface area contributed by atoms with E-state index < -0.39 is 17.0 Å². The van der Waals surface area contributed by atoms with Crippen molar-refractivity contribution in [1.29, 1.82) is 0 Å². The zero-order valence-corrected chi connectivity index (χ0v) is 15.7. The summed E-state index contributed by atoms with van der Waals surface area (Å²) in [5.74, 6) is 2.88. The van der Waals surface area contributed by atoms with Crippen LogP contribution >= 0.6 is 0 Å². The summed E-state index contributed by atoms with van der Waals surface area (Å²) in [6, 6.07) is 0. The first-order valence-corrected chi connectivity index (χ1v) is 10.6. The third kappa shape index (κ3) is 2.40. The molecule has 4 saturated carbocycles. The van der Waals surface area contributed by atoms with Crippen molar-refractivity contribution in [2.24, 2.45) is 35.5 Å². The maximum Gasteiger partial charge on any atom is 0.171 e. The monoisotopic (exact) mass is 350 g/mol. The Kier molecular flexibility index (Phi) is 3.69. The highest BCUT2D eigenvalue weighted by Gasteiger charge is 2.62. The van der Waals surface area contributed by atoms with E-state index in [9.17, 15) is 10.2 Å². The molecule has 5 rings (SSSR count). The SMILES string of the molecule is C[C@H]1C[C@H]2[C@@H](CC[C@@]2(C)O)[C@@H]2CC[C@@]3(O)CC4(CC[C@@H]3[C@H]21)OCCO4. The number of hydrogen-bond acceptors (Lipinski definition) is 4. The Balaban J connectivity index is 1.42. The molecule has 5 aliphatic rings. The van der Waals surface area contributed by atoms with Crippen LogP contribution in [0.15, 0.2) is 0 Å². The Morgan fingerprint density at radius 2 is 1.60 bits per heavy atom. The predicted molar refractivity (Wildman–Crippen MR) is 93.8 cm³/mol. The van der Waals surface area contributed by atoms with E-state index in [2.05, 4.69) is 13.8 Å². The van der Waals surface area contributed by atoms with Crippen LogP contribution in [0.2, 0.25) is 0 Å². The summed E-state index contributed by atoms with van der Waals surface area (Å²) in [6.07, 6.45) is 7.86. The van der Waals surface area contributed by atoms with Crippen molar-refractivity contribution in [1.82, 2.24) is 0 Å². The van der Waals surface area contributed by atoms with Crippen LogP contribution in [0.1, 0.15) is 65.2 Å². The van der Waals surface area contributed by atoms with Crippen LogP contribution < -0.4 is 0 Å². The Morgan fingerprint density at radius 1 is 0.880 bits per heavy atom. The molecule has 8 atom stereocenters. The number of fused-ring (bicyclic) bond motifs is 5. The highest BCUT2D eigenvalue weighted by molar-refractivity contribution is 5.11. The molecule has 1 heterocycles. The highest BCUT2D eigenvalue weighted by Crippen LogP contribution is 2.63. The lowest BCUT2D eigenvalue weighted by atomic mass is 9.48. The molecule has 0 radical (unpaired) electrons. The normalized spacial score (nSPS) is 57.1. The molecule has 0 aromatic rings. The van der Waals surface area contributed by atoms with Crippen LogP contribution in [0, 0.1) is 35.5 Å². The zero-order chi connectivity index (χ0) is 17.4. The molecule has 0 amide bonds. The summed E-state index contributed by atoms with van der Waals surface area (Å²) in [6.45, 7) is 5.77. The Hall–Kier alpha value is -0.160. The van der Waals surface area contributed by atoms with Gasteiger partial charge in [-0.2, -0.15) is 0 Å². The van der Waals surface area contributed by atoms with Gasteiger partial charge >= 0.3 is 0 Å². The first-order chi connectivity index (χ1) is 11.8. The quantitative estimate of drug-likeness (QED) is 0.705. The van der Waals surface area contributed by atoms with E-state index in [1.807, 2.05) is 0 Å². The van der Waals surface area contributed by atoms with Crippen LogP contribution in [0.3, 0.4) is 0 Å². The highest BCUT2D eigenvalue weighted by atomic mass is 16.7. The molecule has 4 aliphatic carbocycles. The summed E-state index contributed by atoms with van der Waals surface area (Å²) >= 11 is 0. The second-order valence-electron chi connectivity index (χ2n) is 10.2. The molecule has 25 heavy (non-hydrogen) atoms. The van der Waals surface area contributed by atoms with Crippen molar-refractivity contribution < 1.29 is 19.7 Å². The van der Waals surface area contributed by atoms with E-state index in [1.54, 1.807) is 0 Å². The lowest BCUT2D eigenvalue weighted by molar-refractivity contribution is -0.259. The molecular weight excluding hydrogens is 316 g/mol. The summed E-state index contributed by atoms with van der Waals surface area (Å²) in [5.41, 5.74) is -1.09. The third-order valence-corrected chi connectivity index (χ3v) is 8.92. The van der Waals surface area contributed by atoms with E-state index >= 15 is 0 Å². The van der Waals surface area contributed by atoms with Crippen LogP contribution in [0.5, 0.6) is 0 Å². The van der Waals surface area contributed by atoms with Gasteiger partial charge in [-0.1, -0.05) is 6.92 Å². The first kappa shape index (κ1) is 17.0. The predicted octanol–water partition coefficient (Wildman–Crippen LogP) is 3.10. The molecule has 4 nitrogen and oxygen atoms in total. The topological polar surface area (TPSA) is 58.9 Å². The van der Waals surface area contributed by atoms with Gasteiger partial charge in [0.05, 0.1) is 24.4 Å². The van der Waals surface area contributed by atoms with Crippen molar-refractivity contribution >= 4 is 0 Å². The van der Waals surface area contributed by atoms with Gasteiger partial charge in [0.25, 0.3) is 0 Å². The Bertz CT molecular complexity index is 540. The van der Waals surface area contributed by atoms with E-state index in [1.165, 1.54) is 6.42 Å². The Labute approximate surface area is 151 Å². The maximum absolute atomic E-state index is 11.6. The number of aliphatic hydroxyl groups is 2. The molecule has 0 aromatic carbocycles. The van der Waals surface area contributed by atoms with Crippen LogP contribution in [-0.2, 0) is 9.47 Å². The average Bonchev–Trinajstić information content (AvgIpc) is 3.11. The second kappa shape index (κ2) is 5.43. The molecule has 1 aliphatic heterocycles. The van der Waals surface area contributed by atoms with E-state index in [-0.39, 0.29) is 0 Å². The fraction of sp³-hybridized carbons (Fsp3) is 1.00. The molecule has 2 N–H and O–H groups in total. The minimum Gasteiger partial charge on any atom is -0.390 e. The van der Waals surface area contributed by atoms with E-state index in [0.717, 1.165) is 38.5 Å². The van der Waals surface area contributed by atoms with Gasteiger partial charge in [-0.3, -0.25) is 0 Å².